The van der Waals surface area contributed by atoms with E-state index in [9.17, 15) is 4.39 Å². The van der Waals surface area contributed by atoms with E-state index in [-0.39, 0.29) is 5.82 Å². The summed E-state index contributed by atoms with van der Waals surface area (Å²) in [6.45, 7) is 5.41. The summed E-state index contributed by atoms with van der Waals surface area (Å²) in [6.07, 6.45) is 3.58. The molecule has 94 valence electrons. The van der Waals surface area contributed by atoms with E-state index in [0.29, 0.717) is 11.5 Å². The number of rotatable bonds is 5. The molecule has 17 heavy (non-hydrogen) atoms. The van der Waals surface area contributed by atoms with Crippen LogP contribution >= 0.6 is 15.9 Å². The van der Waals surface area contributed by atoms with Gasteiger partial charge in [0.2, 0.25) is 0 Å². The number of hydrogen-bond donors (Lipinski definition) is 1. The molecule has 1 saturated carbocycles. The van der Waals surface area contributed by atoms with Gasteiger partial charge < -0.3 is 5.32 Å². The molecule has 1 N–H and O–H groups in total. The Morgan fingerprint density at radius 3 is 2.65 bits per heavy atom. The van der Waals surface area contributed by atoms with Gasteiger partial charge in [0.15, 0.2) is 0 Å². The summed E-state index contributed by atoms with van der Waals surface area (Å²) in [5, 5.41) is 3.51. The SMILES string of the molecule is CC(C)NCC1(Cc2ccc(F)cc2Br)CC1. The third-order valence-electron chi connectivity index (χ3n) is 3.42. The first-order chi connectivity index (χ1) is 8.01. The number of hydrogen-bond acceptors (Lipinski definition) is 1. The average molecular weight is 300 g/mol. The fourth-order valence-corrected chi connectivity index (χ4v) is 2.57. The fraction of sp³-hybridized carbons (Fsp3) is 0.571. The van der Waals surface area contributed by atoms with Gasteiger partial charge in [0, 0.05) is 17.1 Å². The highest BCUT2D eigenvalue weighted by Gasteiger charge is 2.42. The molecule has 1 aliphatic carbocycles. The van der Waals surface area contributed by atoms with Crippen LogP contribution in [0.5, 0.6) is 0 Å². The Morgan fingerprint density at radius 1 is 1.41 bits per heavy atom. The zero-order valence-electron chi connectivity index (χ0n) is 10.4. The van der Waals surface area contributed by atoms with Crippen molar-refractivity contribution < 1.29 is 4.39 Å². The Bertz CT molecular complexity index is 399. The van der Waals surface area contributed by atoms with Gasteiger partial charge in [0.25, 0.3) is 0 Å². The Balaban J connectivity index is 2.00. The van der Waals surface area contributed by atoms with Crippen LogP contribution in [0, 0.1) is 11.2 Å². The standard InChI is InChI=1S/C14H19BrFN/c1-10(2)17-9-14(5-6-14)8-11-3-4-12(16)7-13(11)15/h3-4,7,10,17H,5-6,8-9H2,1-2H3. The van der Waals surface area contributed by atoms with Crippen LogP contribution < -0.4 is 5.32 Å². The predicted octanol–water partition coefficient (Wildman–Crippen LogP) is 3.91. The van der Waals surface area contributed by atoms with Crippen molar-refractivity contribution in [1.29, 1.82) is 0 Å². The van der Waals surface area contributed by atoms with E-state index >= 15 is 0 Å². The van der Waals surface area contributed by atoms with Gasteiger partial charge >= 0.3 is 0 Å². The molecule has 1 aromatic carbocycles. The molecule has 0 amide bonds. The summed E-state index contributed by atoms with van der Waals surface area (Å²) < 4.78 is 13.9. The largest absolute Gasteiger partial charge is 0.314 e. The number of benzene rings is 1. The van der Waals surface area contributed by atoms with Crippen LogP contribution in [0.4, 0.5) is 4.39 Å². The van der Waals surface area contributed by atoms with Crippen molar-refractivity contribution in [3.63, 3.8) is 0 Å². The smallest absolute Gasteiger partial charge is 0.124 e. The molecule has 1 nitrogen and oxygen atoms in total. The van der Waals surface area contributed by atoms with Gasteiger partial charge in [-0.25, -0.2) is 4.39 Å². The third-order valence-corrected chi connectivity index (χ3v) is 4.16. The van der Waals surface area contributed by atoms with Gasteiger partial charge in [0.1, 0.15) is 5.82 Å². The van der Waals surface area contributed by atoms with Crippen molar-refractivity contribution in [1.82, 2.24) is 5.32 Å². The lowest BCUT2D eigenvalue weighted by molar-refractivity contribution is 0.429. The molecule has 0 aliphatic heterocycles. The monoisotopic (exact) mass is 299 g/mol. The molecule has 0 bridgehead atoms. The van der Waals surface area contributed by atoms with Crippen LogP contribution in [0.3, 0.4) is 0 Å². The summed E-state index contributed by atoms with van der Waals surface area (Å²) in [5.74, 6) is -0.175. The van der Waals surface area contributed by atoms with E-state index in [1.165, 1.54) is 18.4 Å². The zero-order chi connectivity index (χ0) is 12.5. The van der Waals surface area contributed by atoms with Gasteiger partial charge in [0.05, 0.1) is 0 Å². The topological polar surface area (TPSA) is 12.0 Å². The quantitative estimate of drug-likeness (QED) is 0.869. The lowest BCUT2D eigenvalue weighted by atomic mass is 9.96. The Morgan fingerprint density at radius 2 is 2.12 bits per heavy atom. The second kappa shape index (κ2) is 5.07. The van der Waals surface area contributed by atoms with Crippen LogP contribution in [-0.2, 0) is 6.42 Å². The molecule has 0 heterocycles. The maximum atomic E-state index is 13.0. The highest BCUT2D eigenvalue weighted by molar-refractivity contribution is 9.10. The number of nitrogens with one attached hydrogen (secondary N) is 1. The zero-order valence-corrected chi connectivity index (χ0v) is 12.0. The first-order valence-electron chi connectivity index (χ1n) is 6.18. The van der Waals surface area contributed by atoms with E-state index in [2.05, 4.69) is 35.1 Å². The third kappa shape index (κ3) is 3.52. The van der Waals surface area contributed by atoms with Crippen LogP contribution in [-0.4, -0.2) is 12.6 Å². The molecule has 0 spiro atoms. The first-order valence-corrected chi connectivity index (χ1v) is 6.97. The van der Waals surface area contributed by atoms with Gasteiger partial charge in [-0.3, -0.25) is 0 Å². The minimum Gasteiger partial charge on any atom is -0.314 e. The van der Waals surface area contributed by atoms with Crippen LogP contribution in [0.2, 0.25) is 0 Å². The van der Waals surface area contributed by atoms with Crippen molar-refractivity contribution in [2.75, 3.05) is 6.54 Å². The van der Waals surface area contributed by atoms with Crippen LogP contribution in [0.25, 0.3) is 0 Å². The van der Waals surface area contributed by atoms with E-state index in [4.69, 9.17) is 0 Å². The maximum absolute atomic E-state index is 13.0. The fourth-order valence-electron chi connectivity index (χ4n) is 2.08. The molecule has 2 rings (SSSR count). The molecular weight excluding hydrogens is 281 g/mol. The van der Waals surface area contributed by atoms with Crippen molar-refractivity contribution in [3.8, 4) is 0 Å². The molecule has 3 heteroatoms. The molecular formula is C14H19BrFN. The van der Waals surface area contributed by atoms with Gasteiger partial charge in [-0.2, -0.15) is 0 Å². The average Bonchev–Trinajstić information content (AvgIpc) is 3.00. The van der Waals surface area contributed by atoms with E-state index < -0.39 is 0 Å². The minimum atomic E-state index is -0.175. The summed E-state index contributed by atoms with van der Waals surface area (Å²) in [4.78, 5) is 0. The van der Waals surface area contributed by atoms with Crippen LogP contribution in [0.15, 0.2) is 22.7 Å². The lowest BCUT2D eigenvalue weighted by Gasteiger charge is -2.18. The van der Waals surface area contributed by atoms with Crippen molar-refractivity contribution >= 4 is 15.9 Å². The van der Waals surface area contributed by atoms with E-state index in [1.54, 1.807) is 12.1 Å². The summed E-state index contributed by atoms with van der Waals surface area (Å²) in [6, 6.07) is 5.53. The maximum Gasteiger partial charge on any atom is 0.124 e. The van der Waals surface area contributed by atoms with Gasteiger partial charge in [-0.1, -0.05) is 35.8 Å². The molecule has 0 unspecified atom stereocenters. The van der Waals surface area contributed by atoms with Crippen molar-refractivity contribution in [2.24, 2.45) is 5.41 Å². The minimum absolute atomic E-state index is 0.175. The summed E-state index contributed by atoms with van der Waals surface area (Å²) in [5.41, 5.74) is 1.62. The van der Waals surface area contributed by atoms with Crippen LogP contribution in [0.1, 0.15) is 32.3 Å². The van der Waals surface area contributed by atoms with E-state index in [0.717, 1.165) is 17.4 Å². The second-order valence-electron chi connectivity index (χ2n) is 5.45. The number of halogens is 2. The highest BCUT2D eigenvalue weighted by Crippen LogP contribution is 2.48. The Labute approximate surface area is 111 Å². The van der Waals surface area contributed by atoms with Crippen molar-refractivity contribution in [3.05, 3.63) is 34.1 Å². The summed E-state index contributed by atoms with van der Waals surface area (Å²) >= 11 is 3.45. The predicted molar refractivity (Wildman–Crippen MR) is 72.6 cm³/mol. The van der Waals surface area contributed by atoms with Crippen molar-refractivity contribution in [2.45, 2.75) is 39.2 Å². The lowest BCUT2D eigenvalue weighted by Crippen LogP contribution is -2.31. The Hall–Kier alpha value is -0.410. The Kier molecular flexibility index (Phi) is 3.88. The first kappa shape index (κ1) is 13.0. The second-order valence-corrected chi connectivity index (χ2v) is 6.30. The van der Waals surface area contributed by atoms with Gasteiger partial charge in [-0.05, 0) is 42.4 Å². The molecule has 0 aromatic heterocycles. The molecule has 0 radical (unpaired) electrons. The highest BCUT2D eigenvalue weighted by atomic mass is 79.9. The molecule has 0 saturated heterocycles. The summed E-state index contributed by atoms with van der Waals surface area (Å²) in [7, 11) is 0. The molecule has 0 atom stereocenters. The molecule has 1 aliphatic rings. The molecule has 1 aromatic rings. The molecule has 1 fully saturated rings. The van der Waals surface area contributed by atoms with Gasteiger partial charge in [-0.15, -0.1) is 0 Å². The van der Waals surface area contributed by atoms with E-state index in [1.807, 2.05) is 6.07 Å². The normalized spacial score (nSPS) is 17.5.